The predicted octanol–water partition coefficient (Wildman–Crippen LogP) is 2.65. The smallest absolute Gasteiger partial charge is 0.125 e. The minimum absolute atomic E-state index is 0.742. The fourth-order valence-electron chi connectivity index (χ4n) is 1.45. The van der Waals surface area contributed by atoms with E-state index in [0.29, 0.717) is 0 Å². The highest BCUT2D eigenvalue weighted by molar-refractivity contribution is 8.06. The van der Waals surface area contributed by atoms with Gasteiger partial charge >= 0.3 is 0 Å². The maximum absolute atomic E-state index is 4.34. The number of aryl methyl sites for hydroxylation is 1. The number of aromatic nitrogens is 1. The van der Waals surface area contributed by atoms with E-state index in [1.807, 2.05) is 6.20 Å². The molecule has 15 heavy (non-hydrogen) atoms. The van der Waals surface area contributed by atoms with Gasteiger partial charge in [0.15, 0.2) is 0 Å². The molecule has 1 saturated heterocycles. The van der Waals surface area contributed by atoms with Crippen molar-refractivity contribution in [2.75, 3.05) is 29.1 Å². The summed E-state index contributed by atoms with van der Waals surface area (Å²) >= 11 is 4.13. The third-order valence-corrected chi connectivity index (χ3v) is 5.15. The third-order valence-electron chi connectivity index (χ3n) is 2.31. The molecule has 4 heteroatoms. The Kier molecular flexibility index (Phi) is 4.20. The van der Waals surface area contributed by atoms with E-state index in [1.165, 1.54) is 22.8 Å². The molecular formula is C11H16N2S2. The molecule has 0 aliphatic carbocycles. The van der Waals surface area contributed by atoms with Crippen molar-refractivity contribution in [2.45, 2.75) is 12.2 Å². The van der Waals surface area contributed by atoms with E-state index in [4.69, 9.17) is 0 Å². The maximum Gasteiger partial charge on any atom is 0.125 e. The summed E-state index contributed by atoms with van der Waals surface area (Å²) in [5.74, 6) is 4.86. The molecule has 1 atom stereocenters. The molecule has 2 rings (SSSR count). The summed E-state index contributed by atoms with van der Waals surface area (Å²) < 4.78 is 0. The Bertz CT molecular complexity index is 294. The standard InChI is InChI=1S/C11H16N2S2/c1-9-2-3-11(12-6-9)13-7-10-8-14-4-5-15-10/h2-3,6,10H,4-5,7-8H2,1H3,(H,12,13). The van der Waals surface area contributed by atoms with Gasteiger partial charge in [0.2, 0.25) is 0 Å². The quantitative estimate of drug-likeness (QED) is 0.878. The van der Waals surface area contributed by atoms with E-state index in [0.717, 1.165) is 17.6 Å². The fraction of sp³-hybridized carbons (Fsp3) is 0.545. The third kappa shape index (κ3) is 3.61. The van der Waals surface area contributed by atoms with Gasteiger partial charge in [-0.25, -0.2) is 4.98 Å². The number of nitrogens with one attached hydrogen (secondary N) is 1. The molecule has 1 unspecified atom stereocenters. The molecule has 2 heterocycles. The summed E-state index contributed by atoms with van der Waals surface area (Å²) in [6.45, 7) is 3.10. The predicted molar refractivity (Wildman–Crippen MR) is 71.0 cm³/mol. The van der Waals surface area contributed by atoms with Crippen molar-refractivity contribution in [3.63, 3.8) is 0 Å². The molecule has 0 bridgehead atoms. The number of anilines is 1. The van der Waals surface area contributed by atoms with Gasteiger partial charge in [0, 0.05) is 35.3 Å². The summed E-state index contributed by atoms with van der Waals surface area (Å²) in [4.78, 5) is 4.34. The van der Waals surface area contributed by atoms with Gasteiger partial charge in [-0.05, 0) is 18.6 Å². The molecule has 0 spiro atoms. The zero-order chi connectivity index (χ0) is 10.5. The van der Waals surface area contributed by atoms with Crippen LogP contribution in [-0.2, 0) is 0 Å². The summed E-state index contributed by atoms with van der Waals surface area (Å²) in [7, 11) is 0. The Morgan fingerprint density at radius 3 is 3.07 bits per heavy atom. The molecule has 1 N–H and O–H groups in total. The van der Waals surface area contributed by atoms with Gasteiger partial charge in [0.1, 0.15) is 5.82 Å². The first-order chi connectivity index (χ1) is 7.34. The van der Waals surface area contributed by atoms with Crippen molar-refractivity contribution >= 4 is 29.3 Å². The molecule has 1 aromatic rings. The molecule has 1 aliphatic rings. The number of hydrogen-bond acceptors (Lipinski definition) is 4. The second-order valence-corrected chi connectivity index (χ2v) is 6.23. The summed E-state index contributed by atoms with van der Waals surface area (Å²) in [5, 5.41) is 4.14. The monoisotopic (exact) mass is 240 g/mol. The summed E-state index contributed by atoms with van der Waals surface area (Å²) in [6, 6.07) is 4.15. The zero-order valence-corrected chi connectivity index (χ0v) is 10.5. The lowest BCUT2D eigenvalue weighted by Gasteiger charge is -2.21. The van der Waals surface area contributed by atoms with E-state index in [2.05, 4.69) is 52.9 Å². The Hall–Kier alpha value is -0.350. The minimum Gasteiger partial charge on any atom is -0.369 e. The van der Waals surface area contributed by atoms with E-state index in [-0.39, 0.29) is 0 Å². The van der Waals surface area contributed by atoms with Crippen LogP contribution in [0.2, 0.25) is 0 Å². The Morgan fingerprint density at radius 1 is 1.47 bits per heavy atom. The number of nitrogens with zero attached hydrogens (tertiary/aromatic N) is 1. The van der Waals surface area contributed by atoms with E-state index in [9.17, 15) is 0 Å². The van der Waals surface area contributed by atoms with Crippen LogP contribution in [0, 0.1) is 6.92 Å². The molecule has 2 nitrogen and oxygen atoms in total. The second-order valence-electron chi connectivity index (χ2n) is 3.67. The number of thioether (sulfide) groups is 2. The summed E-state index contributed by atoms with van der Waals surface area (Å²) in [6.07, 6.45) is 1.91. The largest absolute Gasteiger partial charge is 0.369 e. The SMILES string of the molecule is Cc1ccc(NCC2CSCCS2)nc1. The van der Waals surface area contributed by atoms with Gasteiger partial charge in [0.05, 0.1) is 0 Å². The molecule has 1 fully saturated rings. The van der Waals surface area contributed by atoms with Crippen LogP contribution < -0.4 is 5.32 Å². The van der Waals surface area contributed by atoms with Gasteiger partial charge in [-0.15, -0.1) is 0 Å². The maximum atomic E-state index is 4.34. The highest BCUT2D eigenvalue weighted by Crippen LogP contribution is 2.23. The Labute approximate surface area is 99.6 Å². The molecule has 0 amide bonds. The molecule has 1 aliphatic heterocycles. The van der Waals surface area contributed by atoms with Crippen LogP contribution in [0.1, 0.15) is 5.56 Å². The first-order valence-corrected chi connectivity index (χ1v) is 7.41. The topological polar surface area (TPSA) is 24.9 Å². The van der Waals surface area contributed by atoms with E-state index >= 15 is 0 Å². The van der Waals surface area contributed by atoms with Crippen LogP contribution in [0.25, 0.3) is 0 Å². The Morgan fingerprint density at radius 2 is 2.40 bits per heavy atom. The lowest BCUT2D eigenvalue weighted by Crippen LogP contribution is -2.23. The Balaban J connectivity index is 1.79. The van der Waals surface area contributed by atoms with E-state index < -0.39 is 0 Å². The molecule has 82 valence electrons. The van der Waals surface area contributed by atoms with E-state index in [1.54, 1.807) is 0 Å². The van der Waals surface area contributed by atoms with Crippen LogP contribution >= 0.6 is 23.5 Å². The first kappa shape index (κ1) is 11.1. The highest BCUT2D eigenvalue weighted by atomic mass is 32.2. The van der Waals surface area contributed by atoms with Gasteiger partial charge in [-0.3, -0.25) is 0 Å². The zero-order valence-electron chi connectivity index (χ0n) is 8.90. The van der Waals surface area contributed by atoms with Crippen molar-refractivity contribution in [3.05, 3.63) is 23.9 Å². The van der Waals surface area contributed by atoms with Gasteiger partial charge in [-0.2, -0.15) is 23.5 Å². The molecule has 1 aromatic heterocycles. The van der Waals surface area contributed by atoms with Gasteiger partial charge in [0.25, 0.3) is 0 Å². The molecule has 0 saturated carbocycles. The average Bonchev–Trinajstić information content (AvgIpc) is 2.30. The fourth-order valence-corrected chi connectivity index (χ4v) is 4.06. The number of pyridine rings is 1. The summed E-state index contributed by atoms with van der Waals surface area (Å²) in [5.41, 5.74) is 1.21. The van der Waals surface area contributed by atoms with Gasteiger partial charge in [-0.1, -0.05) is 6.07 Å². The average molecular weight is 240 g/mol. The van der Waals surface area contributed by atoms with Gasteiger partial charge < -0.3 is 5.32 Å². The molecular weight excluding hydrogens is 224 g/mol. The van der Waals surface area contributed by atoms with Crippen LogP contribution in [0.4, 0.5) is 5.82 Å². The normalized spacial score (nSPS) is 21.3. The van der Waals surface area contributed by atoms with Crippen molar-refractivity contribution in [3.8, 4) is 0 Å². The van der Waals surface area contributed by atoms with Crippen LogP contribution in [0.15, 0.2) is 18.3 Å². The lowest BCUT2D eigenvalue weighted by atomic mass is 10.3. The van der Waals surface area contributed by atoms with Crippen LogP contribution in [0.5, 0.6) is 0 Å². The molecule has 0 radical (unpaired) electrons. The number of rotatable bonds is 3. The molecule has 0 aromatic carbocycles. The minimum atomic E-state index is 0.742. The second kappa shape index (κ2) is 5.66. The van der Waals surface area contributed by atoms with Crippen LogP contribution in [-0.4, -0.2) is 34.0 Å². The highest BCUT2D eigenvalue weighted by Gasteiger charge is 2.13. The lowest BCUT2D eigenvalue weighted by molar-refractivity contribution is 0.992. The number of hydrogen-bond donors (Lipinski definition) is 1. The first-order valence-electron chi connectivity index (χ1n) is 5.20. The van der Waals surface area contributed by atoms with Crippen molar-refractivity contribution < 1.29 is 0 Å². The van der Waals surface area contributed by atoms with Crippen molar-refractivity contribution in [1.82, 2.24) is 4.98 Å². The van der Waals surface area contributed by atoms with Crippen molar-refractivity contribution in [2.24, 2.45) is 0 Å². The van der Waals surface area contributed by atoms with Crippen LogP contribution in [0.3, 0.4) is 0 Å². The van der Waals surface area contributed by atoms with Crippen molar-refractivity contribution in [1.29, 1.82) is 0 Å².